The number of morpholine rings is 1. The van der Waals surface area contributed by atoms with Crippen LogP contribution in [0.25, 0.3) is 5.65 Å². The van der Waals surface area contributed by atoms with Gasteiger partial charge in [0.2, 0.25) is 0 Å². The van der Waals surface area contributed by atoms with Crippen molar-refractivity contribution in [2.75, 3.05) is 67.2 Å². The summed E-state index contributed by atoms with van der Waals surface area (Å²) in [5.41, 5.74) is 0.876. The monoisotopic (exact) mass is 366 g/mol. The van der Waals surface area contributed by atoms with E-state index in [1.54, 1.807) is 17.0 Å². The van der Waals surface area contributed by atoms with Crippen LogP contribution in [0.4, 0.5) is 17.5 Å². The lowest BCUT2D eigenvalue weighted by Crippen LogP contribution is -2.47. The van der Waals surface area contributed by atoms with Gasteiger partial charge in [0, 0.05) is 57.6 Å². The van der Waals surface area contributed by atoms with E-state index in [4.69, 9.17) is 9.72 Å². The van der Waals surface area contributed by atoms with E-state index in [1.807, 2.05) is 18.3 Å². The number of hydrogen-bond donors (Lipinski definition) is 0. The maximum Gasteiger partial charge on any atom is 0.157 e. The van der Waals surface area contributed by atoms with E-state index >= 15 is 0 Å². The highest BCUT2D eigenvalue weighted by Crippen LogP contribution is 2.21. The van der Waals surface area contributed by atoms with Crippen LogP contribution in [0.3, 0.4) is 0 Å². The van der Waals surface area contributed by atoms with Gasteiger partial charge >= 0.3 is 0 Å². The van der Waals surface area contributed by atoms with Crippen molar-refractivity contribution in [3.8, 4) is 0 Å². The normalized spacial score (nSPS) is 18.3. The summed E-state index contributed by atoms with van der Waals surface area (Å²) in [5.74, 6) is 2.98. The molecule has 0 atom stereocenters. The largest absolute Gasteiger partial charge is 0.378 e. The van der Waals surface area contributed by atoms with Gasteiger partial charge in [-0.25, -0.2) is 19.5 Å². The number of nitrogens with zero attached hydrogens (tertiary/aromatic N) is 8. The average Bonchev–Trinajstić information content (AvgIpc) is 3.22. The molecule has 2 saturated heterocycles. The second-order valence-electron chi connectivity index (χ2n) is 6.73. The third kappa shape index (κ3) is 3.25. The van der Waals surface area contributed by atoms with E-state index in [-0.39, 0.29) is 0 Å². The molecule has 0 N–H and O–H groups in total. The van der Waals surface area contributed by atoms with Gasteiger partial charge in [0.15, 0.2) is 5.65 Å². The number of piperazine rings is 1. The fourth-order valence-corrected chi connectivity index (χ4v) is 3.62. The molecular weight excluding hydrogens is 344 g/mol. The summed E-state index contributed by atoms with van der Waals surface area (Å²) >= 11 is 0. The zero-order valence-corrected chi connectivity index (χ0v) is 15.1. The Balaban J connectivity index is 1.27. The second-order valence-corrected chi connectivity index (χ2v) is 6.73. The topological polar surface area (TPSA) is 74.9 Å². The molecule has 0 bridgehead atoms. The van der Waals surface area contributed by atoms with Gasteiger partial charge in [-0.1, -0.05) is 0 Å². The maximum atomic E-state index is 5.43. The van der Waals surface area contributed by atoms with Crippen molar-refractivity contribution >= 4 is 23.1 Å². The SMILES string of the molecule is c1nc(N2CCOCC2)cc(N2CCN(c3ccn4nccc4n3)CC2)n1. The summed E-state index contributed by atoms with van der Waals surface area (Å²) in [5, 5.41) is 4.20. The molecule has 5 rings (SSSR count). The molecule has 0 amide bonds. The Bertz CT molecular complexity index is 914. The molecule has 0 aliphatic carbocycles. The smallest absolute Gasteiger partial charge is 0.157 e. The summed E-state index contributed by atoms with van der Waals surface area (Å²) in [4.78, 5) is 20.5. The highest BCUT2D eigenvalue weighted by atomic mass is 16.5. The summed E-state index contributed by atoms with van der Waals surface area (Å²) in [6.07, 6.45) is 5.40. The molecule has 27 heavy (non-hydrogen) atoms. The van der Waals surface area contributed by atoms with E-state index in [2.05, 4.69) is 35.8 Å². The van der Waals surface area contributed by atoms with Crippen molar-refractivity contribution in [2.45, 2.75) is 0 Å². The molecule has 0 radical (unpaired) electrons. The standard InChI is InChI=1S/C18H22N8O/c1-3-21-26-4-2-15(22-16(1)26)23-5-7-24(8-6-23)17-13-18(20-14-19-17)25-9-11-27-12-10-25/h1-4,13-14H,5-12H2. The van der Waals surface area contributed by atoms with Gasteiger partial charge in [0.1, 0.15) is 23.8 Å². The molecule has 3 aromatic rings. The molecule has 0 spiro atoms. The lowest BCUT2D eigenvalue weighted by Gasteiger charge is -2.36. The molecular formula is C18H22N8O. The van der Waals surface area contributed by atoms with Gasteiger partial charge in [-0.3, -0.25) is 0 Å². The van der Waals surface area contributed by atoms with Gasteiger partial charge < -0.3 is 19.4 Å². The van der Waals surface area contributed by atoms with Crippen LogP contribution < -0.4 is 14.7 Å². The zero-order chi connectivity index (χ0) is 18.1. The van der Waals surface area contributed by atoms with Crippen molar-refractivity contribution in [3.63, 3.8) is 0 Å². The minimum absolute atomic E-state index is 0.756. The summed E-state index contributed by atoms with van der Waals surface area (Å²) in [6.45, 7) is 6.92. The van der Waals surface area contributed by atoms with E-state index in [0.29, 0.717) is 0 Å². The van der Waals surface area contributed by atoms with Crippen LogP contribution in [0.5, 0.6) is 0 Å². The molecule has 0 saturated carbocycles. The Labute approximate surface area is 157 Å². The van der Waals surface area contributed by atoms with Crippen LogP contribution in [-0.2, 0) is 4.74 Å². The fourth-order valence-electron chi connectivity index (χ4n) is 3.62. The van der Waals surface area contributed by atoms with E-state index in [1.165, 1.54) is 0 Å². The molecule has 0 unspecified atom stereocenters. The molecule has 9 heteroatoms. The third-order valence-corrected chi connectivity index (χ3v) is 5.14. The van der Waals surface area contributed by atoms with Crippen LogP contribution in [-0.4, -0.2) is 77.0 Å². The van der Waals surface area contributed by atoms with Crippen LogP contribution >= 0.6 is 0 Å². The zero-order valence-electron chi connectivity index (χ0n) is 15.1. The molecule has 140 valence electrons. The van der Waals surface area contributed by atoms with Gasteiger partial charge in [0.25, 0.3) is 0 Å². The maximum absolute atomic E-state index is 5.43. The first-order valence-corrected chi connectivity index (χ1v) is 9.32. The molecule has 0 aromatic carbocycles. The predicted octanol–water partition coefficient (Wildman–Crippen LogP) is 0.682. The first-order valence-electron chi connectivity index (χ1n) is 9.32. The second kappa shape index (κ2) is 6.99. The van der Waals surface area contributed by atoms with E-state index in [9.17, 15) is 0 Å². The molecule has 5 heterocycles. The summed E-state index contributed by atoms with van der Waals surface area (Å²) in [6, 6.07) is 6.04. The Morgan fingerprint density at radius 1 is 0.778 bits per heavy atom. The Hall–Kier alpha value is -2.94. The van der Waals surface area contributed by atoms with E-state index in [0.717, 1.165) is 75.6 Å². The van der Waals surface area contributed by atoms with Crippen LogP contribution in [0.15, 0.2) is 36.9 Å². The highest BCUT2D eigenvalue weighted by Gasteiger charge is 2.21. The highest BCUT2D eigenvalue weighted by molar-refractivity contribution is 5.53. The number of rotatable bonds is 3. The Morgan fingerprint density at radius 3 is 2.19 bits per heavy atom. The first kappa shape index (κ1) is 16.2. The fraction of sp³-hybridized carbons (Fsp3) is 0.444. The summed E-state index contributed by atoms with van der Waals surface area (Å²) < 4.78 is 7.22. The average molecular weight is 366 g/mol. The lowest BCUT2D eigenvalue weighted by molar-refractivity contribution is 0.122. The number of fused-ring (bicyclic) bond motifs is 1. The predicted molar refractivity (Wildman–Crippen MR) is 102 cm³/mol. The van der Waals surface area contributed by atoms with Crippen molar-refractivity contribution in [3.05, 3.63) is 36.9 Å². The molecule has 2 aliphatic rings. The van der Waals surface area contributed by atoms with Crippen molar-refractivity contribution in [2.24, 2.45) is 0 Å². The van der Waals surface area contributed by atoms with Gasteiger partial charge in [-0.05, 0) is 6.07 Å². The van der Waals surface area contributed by atoms with Crippen molar-refractivity contribution < 1.29 is 4.74 Å². The Kier molecular flexibility index (Phi) is 4.21. The van der Waals surface area contributed by atoms with Crippen molar-refractivity contribution in [1.29, 1.82) is 0 Å². The molecule has 2 fully saturated rings. The molecule has 2 aliphatic heterocycles. The first-order chi connectivity index (χ1) is 13.4. The number of anilines is 3. The minimum atomic E-state index is 0.756. The van der Waals surface area contributed by atoms with Gasteiger partial charge in [-0.15, -0.1) is 0 Å². The third-order valence-electron chi connectivity index (χ3n) is 5.14. The van der Waals surface area contributed by atoms with Crippen LogP contribution in [0, 0.1) is 0 Å². The number of ether oxygens (including phenoxy) is 1. The van der Waals surface area contributed by atoms with Gasteiger partial charge in [0.05, 0.1) is 19.4 Å². The number of hydrogen-bond acceptors (Lipinski definition) is 8. The van der Waals surface area contributed by atoms with Crippen LogP contribution in [0.2, 0.25) is 0 Å². The number of aromatic nitrogens is 5. The molecule has 3 aromatic heterocycles. The minimum Gasteiger partial charge on any atom is -0.378 e. The van der Waals surface area contributed by atoms with Crippen LogP contribution in [0.1, 0.15) is 0 Å². The molecule has 9 nitrogen and oxygen atoms in total. The lowest BCUT2D eigenvalue weighted by atomic mass is 10.3. The van der Waals surface area contributed by atoms with Crippen molar-refractivity contribution in [1.82, 2.24) is 24.6 Å². The van der Waals surface area contributed by atoms with E-state index < -0.39 is 0 Å². The summed E-state index contributed by atoms with van der Waals surface area (Å²) in [7, 11) is 0. The van der Waals surface area contributed by atoms with Gasteiger partial charge in [-0.2, -0.15) is 5.10 Å². The quantitative estimate of drug-likeness (QED) is 0.670. The Morgan fingerprint density at radius 2 is 1.44 bits per heavy atom.